The van der Waals surface area contributed by atoms with Crippen molar-refractivity contribution < 1.29 is 0 Å². The molecule has 1 N–H and O–H groups in total. The summed E-state index contributed by atoms with van der Waals surface area (Å²) in [4.78, 5) is 0. The molecular formula is C10H19NS. The van der Waals surface area contributed by atoms with Crippen LogP contribution in [0.1, 0.15) is 26.2 Å². The van der Waals surface area contributed by atoms with Crippen LogP contribution in [-0.2, 0) is 0 Å². The lowest BCUT2D eigenvalue weighted by Crippen LogP contribution is -2.19. The van der Waals surface area contributed by atoms with Crippen LogP contribution in [-0.4, -0.2) is 24.1 Å². The Hall–Kier alpha value is 0.0500. The zero-order chi connectivity index (χ0) is 8.81. The molecule has 12 heavy (non-hydrogen) atoms. The van der Waals surface area contributed by atoms with Crippen LogP contribution in [0.4, 0.5) is 0 Å². The highest BCUT2D eigenvalue weighted by molar-refractivity contribution is 7.99. The van der Waals surface area contributed by atoms with Gasteiger partial charge in [-0.2, -0.15) is 11.8 Å². The van der Waals surface area contributed by atoms with E-state index in [1.807, 2.05) is 11.8 Å². The van der Waals surface area contributed by atoms with Crippen molar-refractivity contribution in [3.8, 4) is 0 Å². The van der Waals surface area contributed by atoms with E-state index in [1.54, 1.807) is 0 Å². The number of hydrogen-bond donors (Lipinski definition) is 1. The Kier molecular flexibility index (Phi) is 4.77. The van der Waals surface area contributed by atoms with E-state index in [2.05, 4.69) is 18.8 Å². The molecule has 0 spiro atoms. The van der Waals surface area contributed by atoms with E-state index in [-0.39, 0.29) is 0 Å². The second-order valence-corrected chi connectivity index (χ2v) is 4.56. The molecule has 0 radical (unpaired) electrons. The molecule has 0 amide bonds. The monoisotopic (exact) mass is 185 g/mol. The van der Waals surface area contributed by atoms with E-state index >= 15 is 0 Å². The number of hydrogen-bond acceptors (Lipinski definition) is 2. The Morgan fingerprint density at radius 1 is 1.58 bits per heavy atom. The number of rotatable bonds is 7. The molecule has 1 aliphatic rings. The van der Waals surface area contributed by atoms with Gasteiger partial charge < -0.3 is 5.32 Å². The van der Waals surface area contributed by atoms with Gasteiger partial charge in [0, 0.05) is 18.3 Å². The van der Waals surface area contributed by atoms with Gasteiger partial charge in [-0.15, -0.1) is 0 Å². The molecule has 1 aliphatic carbocycles. The van der Waals surface area contributed by atoms with Crippen molar-refractivity contribution in [3.63, 3.8) is 0 Å². The quantitative estimate of drug-likeness (QED) is 0.483. The standard InChI is InChI=1S/C10H19NS/c1-3-6-12-8-9(2)7-11-10-4-5-10/h10-11H,2-8H2,1H3. The molecule has 0 aromatic heterocycles. The lowest BCUT2D eigenvalue weighted by Gasteiger charge is -2.05. The van der Waals surface area contributed by atoms with Crippen LogP contribution in [0.3, 0.4) is 0 Å². The summed E-state index contributed by atoms with van der Waals surface area (Å²) in [5, 5.41) is 3.47. The van der Waals surface area contributed by atoms with Gasteiger partial charge in [0.25, 0.3) is 0 Å². The van der Waals surface area contributed by atoms with Gasteiger partial charge in [0.1, 0.15) is 0 Å². The largest absolute Gasteiger partial charge is 0.310 e. The van der Waals surface area contributed by atoms with Crippen molar-refractivity contribution in [2.75, 3.05) is 18.1 Å². The summed E-state index contributed by atoms with van der Waals surface area (Å²) in [6, 6.07) is 0.818. The number of nitrogens with one attached hydrogen (secondary N) is 1. The first-order chi connectivity index (χ1) is 5.83. The average Bonchev–Trinajstić information content (AvgIpc) is 2.84. The molecule has 2 heteroatoms. The van der Waals surface area contributed by atoms with Crippen LogP contribution in [0.5, 0.6) is 0 Å². The average molecular weight is 185 g/mol. The van der Waals surface area contributed by atoms with E-state index in [0.29, 0.717) is 0 Å². The van der Waals surface area contributed by atoms with Crippen molar-refractivity contribution in [1.29, 1.82) is 0 Å². The molecule has 0 bridgehead atoms. The minimum atomic E-state index is 0.818. The fourth-order valence-corrected chi connectivity index (χ4v) is 1.81. The topological polar surface area (TPSA) is 12.0 Å². The highest BCUT2D eigenvalue weighted by Gasteiger charge is 2.19. The molecule has 1 rings (SSSR count). The van der Waals surface area contributed by atoms with Crippen molar-refractivity contribution in [1.82, 2.24) is 5.32 Å². The summed E-state index contributed by atoms with van der Waals surface area (Å²) in [7, 11) is 0. The SMILES string of the molecule is C=C(CNC1CC1)CSCCC. The lowest BCUT2D eigenvalue weighted by atomic mass is 10.3. The Bertz CT molecular complexity index is 141. The Balaban J connectivity index is 1.88. The van der Waals surface area contributed by atoms with Crippen LogP contribution in [0.25, 0.3) is 0 Å². The maximum atomic E-state index is 4.04. The molecule has 0 aliphatic heterocycles. The van der Waals surface area contributed by atoms with E-state index in [1.165, 1.54) is 30.6 Å². The minimum Gasteiger partial charge on any atom is -0.310 e. The second kappa shape index (κ2) is 5.65. The normalized spacial score (nSPS) is 16.4. The first kappa shape index (κ1) is 10.1. The first-order valence-corrected chi connectivity index (χ1v) is 5.96. The van der Waals surface area contributed by atoms with Gasteiger partial charge in [-0.1, -0.05) is 19.1 Å². The maximum Gasteiger partial charge on any atom is 0.0172 e. The van der Waals surface area contributed by atoms with Gasteiger partial charge in [0.15, 0.2) is 0 Å². The summed E-state index contributed by atoms with van der Waals surface area (Å²) in [5.41, 5.74) is 1.35. The molecule has 0 aromatic rings. The lowest BCUT2D eigenvalue weighted by molar-refractivity contribution is 0.736. The molecule has 70 valence electrons. The van der Waals surface area contributed by atoms with Gasteiger partial charge in [-0.3, -0.25) is 0 Å². The molecule has 1 nitrogen and oxygen atoms in total. The maximum absolute atomic E-state index is 4.04. The summed E-state index contributed by atoms with van der Waals surface area (Å²) >= 11 is 1.99. The van der Waals surface area contributed by atoms with Crippen LogP contribution in [0, 0.1) is 0 Å². The molecular weight excluding hydrogens is 166 g/mol. The van der Waals surface area contributed by atoms with Gasteiger partial charge in [0.2, 0.25) is 0 Å². The zero-order valence-electron chi connectivity index (χ0n) is 7.94. The predicted octanol–water partition coefficient (Wildman–Crippen LogP) is 2.44. The van der Waals surface area contributed by atoms with Crippen LogP contribution in [0.15, 0.2) is 12.2 Å². The van der Waals surface area contributed by atoms with E-state index in [9.17, 15) is 0 Å². The van der Waals surface area contributed by atoms with E-state index < -0.39 is 0 Å². The summed E-state index contributed by atoms with van der Waals surface area (Å²) < 4.78 is 0. The Labute approximate surface area is 80.0 Å². The van der Waals surface area contributed by atoms with Gasteiger partial charge in [0.05, 0.1) is 0 Å². The third-order valence-electron chi connectivity index (χ3n) is 1.87. The molecule has 0 saturated heterocycles. The van der Waals surface area contributed by atoms with Crippen LogP contribution < -0.4 is 5.32 Å². The molecule has 1 fully saturated rings. The fraction of sp³-hybridized carbons (Fsp3) is 0.800. The highest BCUT2D eigenvalue weighted by Crippen LogP contribution is 2.19. The predicted molar refractivity (Wildman–Crippen MR) is 57.8 cm³/mol. The van der Waals surface area contributed by atoms with Gasteiger partial charge in [-0.05, 0) is 25.0 Å². The molecule has 0 heterocycles. The van der Waals surface area contributed by atoms with Gasteiger partial charge >= 0.3 is 0 Å². The third kappa shape index (κ3) is 4.83. The zero-order valence-corrected chi connectivity index (χ0v) is 8.75. The summed E-state index contributed by atoms with van der Waals surface area (Å²) in [5.74, 6) is 2.40. The van der Waals surface area contributed by atoms with Crippen LogP contribution >= 0.6 is 11.8 Å². The third-order valence-corrected chi connectivity index (χ3v) is 3.18. The molecule has 0 aromatic carbocycles. The number of thioether (sulfide) groups is 1. The van der Waals surface area contributed by atoms with E-state index in [4.69, 9.17) is 0 Å². The van der Waals surface area contributed by atoms with Crippen molar-refractivity contribution >= 4 is 11.8 Å². The van der Waals surface area contributed by atoms with Crippen molar-refractivity contribution in [2.45, 2.75) is 32.2 Å². The minimum absolute atomic E-state index is 0.818. The molecule has 0 unspecified atom stereocenters. The second-order valence-electron chi connectivity index (χ2n) is 3.46. The Morgan fingerprint density at radius 2 is 2.33 bits per heavy atom. The van der Waals surface area contributed by atoms with Crippen molar-refractivity contribution in [2.24, 2.45) is 0 Å². The highest BCUT2D eigenvalue weighted by atomic mass is 32.2. The summed E-state index contributed by atoms with van der Waals surface area (Å²) in [6.45, 7) is 7.29. The first-order valence-electron chi connectivity index (χ1n) is 4.80. The summed E-state index contributed by atoms with van der Waals surface area (Å²) in [6.07, 6.45) is 4.01. The smallest absolute Gasteiger partial charge is 0.0172 e. The van der Waals surface area contributed by atoms with Gasteiger partial charge in [-0.25, -0.2) is 0 Å². The van der Waals surface area contributed by atoms with E-state index in [0.717, 1.165) is 18.3 Å². The fourth-order valence-electron chi connectivity index (χ4n) is 0.988. The Morgan fingerprint density at radius 3 is 2.92 bits per heavy atom. The van der Waals surface area contributed by atoms with Crippen molar-refractivity contribution in [3.05, 3.63) is 12.2 Å². The molecule has 0 atom stereocenters. The van der Waals surface area contributed by atoms with Crippen LogP contribution in [0.2, 0.25) is 0 Å². The molecule has 1 saturated carbocycles.